The lowest BCUT2D eigenvalue weighted by molar-refractivity contribution is -0.139. The Kier molecular flexibility index (Phi) is 15.2. The molecule has 2 aliphatic rings. The van der Waals surface area contributed by atoms with Crippen molar-refractivity contribution in [3.05, 3.63) is 70.8 Å². The fourth-order valence-corrected chi connectivity index (χ4v) is 7.68. The molecule has 0 bridgehead atoms. The second-order valence-corrected chi connectivity index (χ2v) is 17.1. The molecule has 16 nitrogen and oxygen atoms in total. The lowest BCUT2D eigenvalue weighted by Gasteiger charge is -2.32. The number of ether oxygens (including phenoxy) is 2. The predicted molar refractivity (Wildman–Crippen MR) is 227 cm³/mol. The molecule has 61 heavy (non-hydrogen) atoms. The highest BCUT2D eigenvalue weighted by Gasteiger charge is 2.42. The summed E-state index contributed by atoms with van der Waals surface area (Å²) in [5, 5.41) is 8.14. The molecule has 2 aliphatic heterocycles. The molecule has 0 spiro atoms. The summed E-state index contributed by atoms with van der Waals surface area (Å²) < 4.78 is 9.45. The Morgan fingerprint density at radius 2 is 1.00 bits per heavy atom. The van der Waals surface area contributed by atoms with E-state index in [1.165, 1.54) is 14.2 Å². The number of H-pyrrole nitrogens is 2. The standard InChI is InChI=1S/C45H59N9O7/c1-25(2)36(51-44(58)60-9)41(55)50-37(26(3)4)42(56)53-23-28(7)19-34(53)39-46-21-32(48-39)17-15-30-11-13-31(14-12-30)16-18-33-22-47-40(49-33)35-20-29(8)24-54(35)43(57)38(27(5)6)52-45(59)61-10/h11-14,21-22,25-29,34-38H,19-20,23-24H2,1-10H3,(H,46,48)(H,47,49)(H,50,55)(H,51,58)(H,52,59)/t28-,29-,34-,35-,36-,37-,38-/m0/s1. The highest BCUT2D eigenvalue weighted by atomic mass is 16.5. The van der Waals surface area contributed by atoms with Crippen LogP contribution in [0.3, 0.4) is 0 Å². The highest BCUT2D eigenvalue weighted by Crippen LogP contribution is 2.36. The first-order valence-corrected chi connectivity index (χ1v) is 20.8. The molecule has 3 aromatic rings. The van der Waals surface area contributed by atoms with Gasteiger partial charge in [-0.15, -0.1) is 0 Å². The summed E-state index contributed by atoms with van der Waals surface area (Å²) in [7, 11) is 2.51. The van der Waals surface area contributed by atoms with Crippen molar-refractivity contribution < 1.29 is 33.4 Å². The third kappa shape index (κ3) is 11.5. The smallest absolute Gasteiger partial charge is 0.407 e. The number of nitrogens with zero attached hydrogens (tertiary/aromatic N) is 4. The topological polar surface area (TPSA) is 204 Å². The summed E-state index contributed by atoms with van der Waals surface area (Å²) in [5.74, 6) is 12.8. The van der Waals surface area contributed by atoms with Gasteiger partial charge in [-0.3, -0.25) is 14.4 Å². The van der Waals surface area contributed by atoms with Gasteiger partial charge in [0, 0.05) is 36.6 Å². The number of alkyl carbamates (subject to hydrolysis) is 2. The largest absolute Gasteiger partial charge is 0.453 e. The van der Waals surface area contributed by atoms with Gasteiger partial charge in [0.1, 0.15) is 41.2 Å². The third-order valence-electron chi connectivity index (χ3n) is 11.0. The van der Waals surface area contributed by atoms with Crippen molar-refractivity contribution in [3.63, 3.8) is 0 Å². The Hall–Kier alpha value is -6.29. The molecule has 2 saturated heterocycles. The normalized spacial score (nSPS) is 20.0. The van der Waals surface area contributed by atoms with Crippen LogP contribution in [0.25, 0.3) is 0 Å². The molecule has 5 rings (SSSR count). The molecule has 0 radical (unpaired) electrons. The van der Waals surface area contributed by atoms with Gasteiger partial charge in [-0.1, -0.05) is 67.2 Å². The van der Waals surface area contributed by atoms with Crippen LogP contribution >= 0.6 is 0 Å². The fraction of sp³-hybridized carbons (Fsp3) is 0.533. The van der Waals surface area contributed by atoms with Crippen LogP contribution in [0.4, 0.5) is 9.59 Å². The minimum Gasteiger partial charge on any atom is -0.453 e. The van der Waals surface area contributed by atoms with Crippen LogP contribution in [0.15, 0.2) is 36.7 Å². The monoisotopic (exact) mass is 837 g/mol. The molecule has 1 aromatic carbocycles. The molecular formula is C45H59N9O7. The predicted octanol–water partition coefficient (Wildman–Crippen LogP) is 4.65. The van der Waals surface area contributed by atoms with Gasteiger partial charge in [0.05, 0.1) is 26.3 Å². The van der Waals surface area contributed by atoms with E-state index in [0.717, 1.165) is 17.5 Å². The van der Waals surface area contributed by atoms with Crippen molar-refractivity contribution in [2.45, 2.75) is 98.4 Å². The average Bonchev–Trinajstić information content (AvgIpc) is 4.05. The zero-order valence-corrected chi connectivity index (χ0v) is 36.7. The Labute approximate surface area is 358 Å². The maximum absolute atomic E-state index is 14.1. The molecule has 5 amide bonds. The maximum atomic E-state index is 14.1. The summed E-state index contributed by atoms with van der Waals surface area (Å²) in [6.07, 6.45) is 3.51. The summed E-state index contributed by atoms with van der Waals surface area (Å²) in [5.41, 5.74) is 2.61. The van der Waals surface area contributed by atoms with E-state index in [1.807, 2.05) is 65.8 Å². The number of carbonyl (C=O) groups excluding carboxylic acids is 5. The van der Waals surface area contributed by atoms with Crippen LogP contribution < -0.4 is 16.0 Å². The second kappa shape index (κ2) is 20.3. The number of likely N-dealkylation sites (tertiary alicyclic amines) is 2. The van der Waals surface area contributed by atoms with Gasteiger partial charge < -0.3 is 45.2 Å². The Balaban J connectivity index is 1.23. The van der Waals surface area contributed by atoms with Gasteiger partial charge in [0.2, 0.25) is 17.7 Å². The number of imidazole rings is 2. The molecule has 7 atom stereocenters. The van der Waals surface area contributed by atoms with Gasteiger partial charge in [0.15, 0.2) is 0 Å². The summed E-state index contributed by atoms with van der Waals surface area (Å²) >= 11 is 0. The lowest BCUT2D eigenvalue weighted by Crippen LogP contribution is -2.57. The van der Waals surface area contributed by atoms with Crippen LogP contribution in [0.2, 0.25) is 0 Å². The summed E-state index contributed by atoms with van der Waals surface area (Å²) in [6.45, 7) is 16.3. The zero-order chi connectivity index (χ0) is 44.5. The number of benzene rings is 1. The lowest BCUT2D eigenvalue weighted by atomic mass is 9.99. The zero-order valence-electron chi connectivity index (χ0n) is 36.7. The van der Waals surface area contributed by atoms with Crippen LogP contribution in [0, 0.1) is 53.3 Å². The van der Waals surface area contributed by atoms with Crippen molar-refractivity contribution in [2.24, 2.45) is 29.6 Å². The van der Waals surface area contributed by atoms with Crippen LogP contribution in [0.5, 0.6) is 0 Å². The van der Waals surface area contributed by atoms with Gasteiger partial charge in [-0.2, -0.15) is 0 Å². The number of amides is 5. The minimum absolute atomic E-state index is 0.134. The van der Waals surface area contributed by atoms with E-state index in [-0.39, 0.29) is 53.5 Å². The molecule has 326 valence electrons. The van der Waals surface area contributed by atoms with E-state index >= 15 is 0 Å². The first-order chi connectivity index (χ1) is 29.0. The number of rotatable bonds is 11. The second-order valence-electron chi connectivity index (χ2n) is 17.1. The molecule has 4 heterocycles. The molecule has 5 N–H and O–H groups in total. The van der Waals surface area contributed by atoms with Crippen molar-refractivity contribution in [1.82, 2.24) is 45.7 Å². The summed E-state index contributed by atoms with van der Waals surface area (Å²) in [6, 6.07) is 4.49. The third-order valence-corrected chi connectivity index (χ3v) is 11.0. The number of aromatic nitrogens is 4. The molecule has 0 aliphatic carbocycles. The van der Waals surface area contributed by atoms with E-state index < -0.39 is 36.2 Å². The fourth-order valence-electron chi connectivity index (χ4n) is 7.68. The van der Waals surface area contributed by atoms with Gasteiger partial charge in [0.25, 0.3) is 0 Å². The Morgan fingerprint density at radius 1 is 0.623 bits per heavy atom. The van der Waals surface area contributed by atoms with Gasteiger partial charge in [-0.25, -0.2) is 19.6 Å². The number of nitrogens with one attached hydrogen (secondary N) is 5. The molecule has 0 unspecified atom stereocenters. The molecular weight excluding hydrogens is 779 g/mol. The number of hydrogen-bond donors (Lipinski definition) is 5. The van der Waals surface area contributed by atoms with E-state index in [0.29, 0.717) is 42.5 Å². The van der Waals surface area contributed by atoms with E-state index in [4.69, 9.17) is 19.4 Å². The quantitative estimate of drug-likeness (QED) is 0.170. The Bertz CT molecular complexity index is 2170. The van der Waals surface area contributed by atoms with Crippen LogP contribution in [-0.4, -0.2) is 105 Å². The number of methoxy groups -OCH3 is 2. The Morgan fingerprint density at radius 3 is 1.38 bits per heavy atom. The molecule has 0 saturated carbocycles. The molecule has 2 aromatic heterocycles. The number of aromatic amines is 2. The summed E-state index contributed by atoms with van der Waals surface area (Å²) in [4.78, 5) is 84.3. The van der Waals surface area contributed by atoms with E-state index in [9.17, 15) is 24.0 Å². The van der Waals surface area contributed by atoms with Crippen LogP contribution in [-0.2, 0) is 23.9 Å². The number of hydrogen-bond acceptors (Lipinski definition) is 9. The minimum atomic E-state index is -0.872. The first-order valence-electron chi connectivity index (χ1n) is 20.8. The van der Waals surface area contributed by atoms with Crippen molar-refractivity contribution in [1.29, 1.82) is 0 Å². The molecule has 2 fully saturated rings. The van der Waals surface area contributed by atoms with E-state index in [2.05, 4.69) is 63.4 Å². The van der Waals surface area contributed by atoms with Crippen molar-refractivity contribution in [2.75, 3.05) is 27.3 Å². The number of carbonyl (C=O) groups is 5. The maximum Gasteiger partial charge on any atom is 0.407 e. The first kappa shape index (κ1) is 45.8. The van der Waals surface area contributed by atoms with Crippen molar-refractivity contribution >= 4 is 29.9 Å². The SMILES string of the molecule is COC(=O)N[C@H](C(=O)N[C@H](C(=O)N1C[C@@H](C)C[C@H]1c1nc(C#Cc2ccc(C#Cc3c[nH]c([C@@H]4C[C@H](C)CN4C(=O)[C@@H](NC(=O)OC)C(C)C)n3)cc2)c[nH]1)C(C)C)C(C)C. The van der Waals surface area contributed by atoms with Gasteiger partial charge >= 0.3 is 12.2 Å². The van der Waals surface area contributed by atoms with Crippen LogP contribution in [0.1, 0.15) is 114 Å². The van der Waals surface area contributed by atoms with Crippen molar-refractivity contribution in [3.8, 4) is 23.7 Å². The molecule has 16 heteroatoms. The highest BCUT2D eigenvalue weighted by molar-refractivity contribution is 5.92. The van der Waals surface area contributed by atoms with E-state index in [1.54, 1.807) is 22.2 Å². The average molecular weight is 838 g/mol. The van der Waals surface area contributed by atoms with Gasteiger partial charge in [-0.05, 0) is 78.5 Å².